The van der Waals surface area contributed by atoms with Crippen LogP contribution in [0.3, 0.4) is 0 Å². The number of aliphatic hydroxyl groups excluding tert-OH is 1. The minimum absolute atomic E-state index is 0.257. The highest BCUT2D eigenvalue weighted by atomic mass is 19.1. The third kappa shape index (κ3) is 3.44. The highest BCUT2D eigenvalue weighted by molar-refractivity contribution is 5.68. The number of piperidine rings is 1. The first-order valence-corrected chi connectivity index (χ1v) is 8.83. The van der Waals surface area contributed by atoms with Gasteiger partial charge in [0.05, 0.1) is 11.8 Å². The van der Waals surface area contributed by atoms with Crippen molar-refractivity contribution in [3.05, 3.63) is 66.5 Å². The Hall–Kier alpha value is -2.79. The van der Waals surface area contributed by atoms with Crippen LogP contribution in [-0.4, -0.2) is 34.3 Å². The number of hydrogen-bond acceptors (Lipinski definition) is 4. The van der Waals surface area contributed by atoms with Gasteiger partial charge in [0.15, 0.2) is 5.82 Å². The summed E-state index contributed by atoms with van der Waals surface area (Å²) in [5, 5.41) is 9.77. The van der Waals surface area contributed by atoms with Gasteiger partial charge in [-0.3, -0.25) is 0 Å². The van der Waals surface area contributed by atoms with Crippen molar-refractivity contribution in [2.75, 3.05) is 18.0 Å². The van der Waals surface area contributed by atoms with Crippen LogP contribution in [0, 0.1) is 5.82 Å². The normalized spacial score (nSPS) is 15.2. The Labute approximate surface area is 152 Å². The zero-order chi connectivity index (χ0) is 17.9. The van der Waals surface area contributed by atoms with Gasteiger partial charge >= 0.3 is 0 Å². The fourth-order valence-electron chi connectivity index (χ4n) is 3.21. The SMILES string of the molecule is OC1CCN(c2cc(-c3ccccc3F)nc(-c3ccccc3)n2)CC1. The number of hydrogen-bond donors (Lipinski definition) is 1. The molecule has 0 atom stereocenters. The molecule has 0 aliphatic carbocycles. The third-order valence-corrected chi connectivity index (χ3v) is 4.68. The van der Waals surface area contributed by atoms with Crippen LogP contribution in [0.2, 0.25) is 0 Å². The van der Waals surface area contributed by atoms with Crippen molar-refractivity contribution in [2.24, 2.45) is 0 Å². The van der Waals surface area contributed by atoms with Gasteiger partial charge in [-0.15, -0.1) is 0 Å². The van der Waals surface area contributed by atoms with E-state index in [-0.39, 0.29) is 11.9 Å². The summed E-state index contributed by atoms with van der Waals surface area (Å²) >= 11 is 0. The fraction of sp³-hybridized carbons (Fsp3) is 0.238. The molecule has 2 aromatic carbocycles. The molecule has 0 saturated carbocycles. The molecule has 1 aliphatic rings. The number of aliphatic hydroxyl groups is 1. The summed E-state index contributed by atoms with van der Waals surface area (Å²) in [4.78, 5) is 11.5. The van der Waals surface area contributed by atoms with Crippen LogP contribution >= 0.6 is 0 Å². The lowest BCUT2D eigenvalue weighted by atomic mass is 10.1. The number of halogens is 1. The van der Waals surface area contributed by atoms with Crippen molar-refractivity contribution in [3.8, 4) is 22.6 Å². The van der Waals surface area contributed by atoms with E-state index >= 15 is 0 Å². The van der Waals surface area contributed by atoms with Crippen molar-refractivity contribution in [1.29, 1.82) is 0 Å². The first kappa shape index (κ1) is 16.7. The molecule has 0 radical (unpaired) electrons. The topological polar surface area (TPSA) is 49.2 Å². The molecule has 1 N–H and O–H groups in total. The minimum atomic E-state index is -0.301. The van der Waals surface area contributed by atoms with Gasteiger partial charge < -0.3 is 10.0 Å². The predicted molar refractivity (Wildman–Crippen MR) is 100 cm³/mol. The zero-order valence-corrected chi connectivity index (χ0v) is 14.3. The number of rotatable bonds is 3. The second kappa shape index (κ2) is 7.22. The Morgan fingerprint density at radius 1 is 0.923 bits per heavy atom. The second-order valence-corrected chi connectivity index (χ2v) is 6.50. The molecule has 2 heterocycles. The highest BCUT2D eigenvalue weighted by Gasteiger charge is 2.20. The van der Waals surface area contributed by atoms with Gasteiger partial charge in [-0.05, 0) is 25.0 Å². The third-order valence-electron chi connectivity index (χ3n) is 4.68. The molecule has 0 bridgehead atoms. The number of benzene rings is 2. The van der Waals surface area contributed by atoms with Crippen molar-refractivity contribution in [1.82, 2.24) is 9.97 Å². The van der Waals surface area contributed by atoms with E-state index in [1.165, 1.54) is 6.07 Å². The van der Waals surface area contributed by atoms with Gasteiger partial charge in [-0.2, -0.15) is 0 Å². The van der Waals surface area contributed by atoms with E-state index in [0.29, 0.717) is 29.9 Å². The summed E-state index contributed by atoms with van der Waals surface area (Å²) in [6.07, 6.45) is 1.16. The van der Waals surface area contributed by atoms with Crippen molar-refractivity contribution in [2.45, 2.75) is 18.9 Å². The summed E-state index contributed by atoms with van der Waals surface area (Å²) in [5.74, 6) is 1.04. The number of aromatic nitrogens is 2. The average molecular weight is 349 g/mol. The van der Waals surface area contributed by atoms with E-state index in [1.807, 2.05) is 36.4 Å². The lowest BCUT2D eigenvalue weighted by Gasteiger charge is -2.31. The van der Waals surface area contributed by atoms with Crippen molar-refractivity contribution >= 4 is 5.82 Å². The summed E-state index contributed by atoms with van der Waals surface area (Å²) in [5.41, 5.74) is 1.92. The molecule has 4 rings (SSSR count). The monoisotopic (exact) mass is 349 g/mol. The van der Waals surface area contributed by atoms with Gasteiger partial charge in [0.1, 0.15) is 11.6 Å². The molecule has 5 heteroatoms. The molecular formula is C21H20FN3O. The van der Waals surface area contributed by atoms with Crippen molar-refractivity contribution in [3.63, 3.8) is 0 Å². The number of nitrogens with zero attached hydrogens (tertiary/aromatic N) is 3. The van der Waals surface area contributed by atoms with Gasteiger partial charge in [0.25, 0.3) is 0 Å². The summed E-state index contributed by atoms with van der Waals surface area (Å²) in [6, 6.07) is 18.2. The van der Waals surface area contributed by atoms with Crippen LogP contribution in [0.1, 0.15) is 12.8 Å². The van der Waals surface area contributed by atoms with Crippen LogP contribution < -0.4 is 4.90 Å². The van der Waals surface area contributed by atoms with E-state index in [4.69, 9.17) is 4.98 Å². The Balaban J connectivity index is 1.81. The van der Waals surface area contributed by atoms with E-state index in [9.17, 15) is 9.50 Å². The molecule has 4 nitrogen and oxygen atoms in total. The molecule has 1 aliphatic heterocycles. The summed E-state index contributed by atoms with van der Waals surface area (Å²) in [6.45, 7) is 1.45. The Bertz CT molecular complexity index is 893. The maximum absolute atomic E-state index is 14.3. The van der Waals surface area contributed by atoms with Gasteiger partial charge in [0, 0.05) is 30.3 Å². The van der Waals surface area contributed by atoms with Crippen LogP contribution in [0.25, 0.3) is 22.6 Å². The van der Waals surface area contributed by atoms with E-state index < -0.39 is 0 Å². The molecule has 1 aromatic heterocycles. The predicted octanol–water partition coefficient (Wildman–Crippen LogP) is 3.91. The average Bonchev–Trinajstić information content (AvgIpc) is 2.69. The second-order valence-electron chi connectivity index (χ2n) is 6.50. The lowest BCUT2D eigenvalue weighted by molar-refractivity contribution is 0.145. The molecule has 1 saturated heterocycles. The Kier molecular flexibility index (Phi) is 4.63. The largest absolute Gasteiger partial charge is 0.393 e. The summed E-state index contributed by atoms with van der Waals surface area (Å²) < 4.78 is 14.3. The molecular weight excluding hydrogens is 329 g/mol. The van der Waals surface area contributed by atoms with Crippen LogP contribution in [0.4, 0.5) is 10.2 Å². The van der Waals surface area contributed by atoms with Crippen molar-refractivity contribution < 1.29 is 9.50 Å². The minimum Gasteiger partial charge on any atom is -0.393 e. The maximum atomic E-state index is 14.3. The maximum Gasteiger partial charge on any atom is 0.162 e. The molecule has 26 heavy (non-hydrogen) atoms. The molecule has 3 aromatic rings. The van der Waals surface area contributed by atoms with Gasteiger partial charge in [-0.1, -0.05) is 42.5 Å². The van der Waals surface area contributed by atoms with E-state index in [0.717, 1.165) is 24.5 Å². The first-order chi connectivity index (χ1) is 12.7. The molecule has 132 valence electrons. The van der Waals surface area contributed by atoms with Crippen LogP contribution in [0.15, 0.2) is 60.7 Å². The van der Waals surface area contributed by atoms with E-state index in [2.05, 4.69) is 9.88 Å². The number of anilines is 1. The molecule has 1 fully saturated rings. The quantitative estimate of drug-likeness (QED) is 0.779. The van der Waals surface area contributed by atoms with Gasteiger partial charge in [0.2, 0.25) is 0 Å². The fourth-order valence-corrected chi connectivity index (χ4v) is 3.21. The van der Waals surface area contributed by atoms with Gasteiger partial charge in [-0.25, -0.2) is 14.4 Å². The molecule has 0 spiro atoms. The highest BCUT2D eigenvalue weighted by Crippen LogP contribution is 2.28. The van der Waals surface area contributed by atoms with Crippen LogP contribution in [-0.2, 0) is 0 Å². The molecule has 0 amide bonds. The summed E-state index contributed by atoms with van der Waals surface area (Å²) in [7, 11) is 0. The standard InChI is InChI=1S/C21H20FN3O/c22-18-9-5-4-8-17(18)19-14-20(25-12-10-16(26)11-13-25)24-21(23-19)15-6-2-1-3-7-15/h1-9,14,16,26H,10-13H2. The first-order valence-electron chi connectivity index (χ1n) is 8.83. The lowest BCUT2D eigenvalue weighted by Crippen LogP contribution is -2.36. The van der Waals surface area contributed by atoms with Crippen LogP contribution in [0.5, 0.6) is 0 Å². The Morgan fingerprint density at radius 3 is 2.35 bits per heavy atom. The molecule has 0 unspecified atom stereocenters. The Morgan fingerprint density at radius 2 is 1.62 bits per heavy atom. The zero-order valence-electron chi connectivity index (χ0n) is 14.3. The smallest absolute Gasteiger partial charge is 0.162 e. The van der Waals surface area contributed by atoms with E-state index in [1.54, 1.807) is 18.2 Å².